The highest BCUT2D eigenvalue weighted by Gasteiger charge is 2.43. The maximum atomic E-state index is 13.5. The highest BCUT2D eigenvalue weighted by Crippen LogP contribution is 2.44. The van der Waals surface area contributed by atoms with Gasteiger partial charge < -0.3 is 4.74 Å². The highest BCUT2D eigenvalue weighted by atomic mass is 19.4. The van der Waals surface area contributed by atoms with Crippen LogP contribution >= 0.6 is 0 Å². The minimum absolute atomic E-state index is 0.118. The molecule has 0 heterocycles. The first-order valence-electron chi connectivity index (χ1n) is 11.4. The number of halogens is 3. The molecule has 0 radical (unpaired) electrons. The third-order valence-electron chi connectivity index (χ3n) is 5.89. The fourth-order valence-corrected chi connectivity index (χ4v) is 4.44. The van der Waals surface area contributed by atoms with E-state index in [1.807, 2.05) is 13.8 Å². The standard InChI is InChI=1S/C25H36F3NO2/c1-5-8-9-13-20(11-6-2)24(18-29,17-23(12-7-3)31-19(4)30)21-14-10-15-22(16-21)25(26,27)28/h10,14-16,20,23H,5-9,11-13,17H2,1-4H3. The Bertz CT molecular complexity index is 726. The number of nitriles is 1. The summed E-state index contributed by atoms with van der Waals surface area (Å²) in [6.07, 6.45) is 1.76. The number of unbranched alkanes of at least 4 members (excludes halogenated alkanes) is 2. The molecule has 0 saturated heterocycles. The predicted octanol–water partition coefficient (Wildman–Crippen LogP) is 7.59. The Morgan fingerprint density at radius 1 is 1.03 bits per heavy atom. The van der Waals surface area contributed by atoms with Gasteiger partial charge in [0.25, 0.3) is 0 Å². The van der Waals surface area contributed by atoms with E-state index in [9.17, 15) is 23.2 Å². The molecule has 0 aliphatic carbocycles. The molecule has 31 heavy (non-hydrogen) atoms. The molecule has 3 unspecified atom stereocenters. The van der Waals surface area contributed by atoms with Crippen molar-refractivity contribution in [2.75, 3.05) is 0 Å². The molecule has 0 aliphatic heterocycles. The maximum absolute atomic E-state index is 13.5. The van der Waals surface area contributed by atoms with E-state index in [2.05, 4.69) is 13.0 Å². The molecule has 0 bridgehead atoms. The van der Waals surface area contributed by atoms with E-state index in [1.54, 1.807) is 6.07 Å². The van der Waals surface area contributed by atoms with Gasteiger partial charge in [0, 0.05) is 13.3 Å². The molecular formula is C25H36F3NO2. The molecule has 0 fully saturated rings. The molecule has 0 spiro atoms. The number of esters is 1. The Morgan fingerprint density at radius 3 is 2.19 bits per heavy atom. The summed E-state index contributed by atoms with van der Waals surface area (Å²) in [6.45, 7) is 7.40. The average molecular weight is 440 g/mol. The zero-order valence-corrected chi connectivity index (χ0v) is 19.2. The molecule has 3 atom stereocenters. The van der Waals surface area contributed by atoms with E-state index in [-0.39, 0.29) is 12.3 Å². The van der Waals surface area contributed by atoms with Crippen LogP contribution in [0, 0.1) is 17.2 Å². The molecule has 0 saturated carbocycles. The van der Waals surface area contributed by atoms with Crippen molar-refractivity contribution >= 4 is 5.97 Å². The number of nitrogens with zero attached hydrogens (tertiary/aromatic N) is 1. The number of carbonyl (C=O) groups is 1. The van der Waals surface area contributed by atoms with Crippen molar-refractivity contribution in [3.8, 4) is 6.07 Å². The van der Waals surface area contributed by atoms with E-state index < -0.39 is 29.2 Å². The average Bonchev–Trinajstić information content (AvgIpc) is 2.71. The van der Waals surface area contributed by atoms with Crippen molar-refractivity contribution < 1.29 is 22.7 Å². The van der Waals surface area contributed by atoms with Gasteiger partial charge in [0.15, 0.2) is 0 Å². The zero-order valence-electron chi connectivity index (χ0n) is 19.2. The Kier molecular flexibility index (Phi) is 11.1. The highest BCUT2D eigenvalue weighted by molar-refractivity contribution is 5.66. The Morgan fingerprint density at radius 2 is 1.68 bits per heavy atom. The van der Waals surface area contributed by atoms with Crippen molar-refractivity contribution in [1.29, 1.82) is 5.26 Å². The van der Waals surface area contributed by atoms with Crippen LogP contribution in [0.15, 0.2) is 24.3 Å². The minimum atomic E-state index is -4.49. The van der Waals surface area contributed by atoms with Crippen LogP contribution in [0.5, 0.6) is 0 Å². The number of hydrogen-bond acceptors (Lipinski definition) is 3. The number of benzene rings is 1. The van der Waals surface area contributed by atoms with Gasteiger partial charge in [-0.3, -0.25) is 4.79 Å². The van der Waals surface area contributed by atoms with Gasteiger partial charge in [0.05, 0.1) is 17.0 Å². The van der Waals surface area contributed by atoms with Gasteiger partial charge in [0.1, 0.15) is 6.10 Å². The molecule has 0 amide bonds. The summed E-state index contributed by atoms with van der Waals surface area (Å²) in [5.74, 6) is -0.556. The van der Waals surface area contributed by atoms with Gasteiger partial charge in [-0.05, 0) is 36.8 Å². The van der Waals surface area contributed by atoms with E-state index in [0.717, 1.165) is 57.1 Å². The van der Waals surface area contributed by atoms with Crippen molar-refractivity contribution in [3.05, 3.63) is 35.4 Å². The molecule has 1 aromatic carbocycles. The largest absolute Gasteiger partial charge is 0.462 e. The molecular weight excluding hydrogens is 403 g/mol. The summed E-state index contributed by atoms with van der Waals surface area (Å²) in [5.41, 5.74) is -1.54. The van der Waals surface area contributed by atoms with E-state index >= 15 is 0 Å². The smallest absolute Gasteiger partial charge is 0.416 e. The first-order valence-corrected chi connectivity index (χ1v) is 11.4. The zero-order chi connectivity index (χ0) is 23.5. The quantitative estimate of drug-likeness (QED) is 0.235. The summed E-state index contributed by atoms with van der Waals surface area (Å²) >= 11 is 0. The molecule has 0 aromatic heterocycles. The van der Waals surface area contributed by atoms with Crippen molar-refractivity contribution in [2.45, 2.75) is 103 Å². The molecule has 3 nitrogen and oxygen atoms in total. The van der Waals surface area contributed by atoms with Gasteiger partial charge in [-0.1, -0.05) is 71.1 Å². The molecule has 174 valence electrons. The first-order chi connectivity index (χ1) is 14.6. The number of carbonyl (C=O) groups excluding carboxylic acids is 1. The fraction of sp³-hybridized carbons (Fsp3) is 0.680. The van der Waals surface area contributed by atoms with Gasteiger partial charge in [-0.15, -0.1) is 0 Å². The second-order valence-electron chi connectivity index (χ2n) is 8.37. The number of hydrogen-bond donors (Lipinski definition) is 0. The monoisotopic (exact) mass is 439 g/mol. The van der Waals surface area contributed by atoms with Crippen LogP contribution in [-0.4, -0.2) is 12.1 Å². The van der Waals surface area contributed by atoms with Crippen LogP contribution in [0.1, 0.15) is 96.6 Å². The second-order valence-corrected chi connectivity index (χ2v) is 8.37. The molecule has 0 aliphatic rings. The summed E-state index contributed by atoms with van der Waals surface area (Å²) in [6, 6.07) is 7.57. The van der Waals surface area contributed by atoms with Gasteiger partial charge in [-0.25, -0.2) is 0 Å². The van der Waals surface area contributed by atoms with E-state index in [0.29, 0.717) is 12.0 Å². The minimum Gasteiger partial charge on any atom is -0.462 e. The van der Waals surface area contributed by atoms with E-state index in [4.69, 9.17) is 4.74 Å². The van der Waals surface area contributed by atoms with Crippen LogP contribution in [0.2, 0.25) is 0 Å². The van der Waals surface area contributed by atoms with Crippen molar-refractivity contribution in [3.63, 3.8) is 0 Å². The Labute approximate surface area is 185 Å². The summed E-state index contributed by atoms with van der Waals surface area (Å²) in [4.78, 5) is 11.7. The second kappa shape index (κ2) is 12.7. The molecule has 0 N–H and O–H groups in total. The fourth-order valence-electron chi connectivity index (χ4n) is 4.44. The Hall–Kier alpha value is -2.03. The van der Waals surface area contributed by atoms with Crippen LogP contribution in [-0.2, 0) is 21.1 Å². The van der Waals surface area contributed by atoms with Gasteiger partial charge in [0.2, 0.25) is 0 Å². The van der Waals surface area contributed by atoms with Crippen LogP contribution in [0.25, 0.3) is 0 Å². The summed E-state index contributed by atoms with van der Waals surface area (Å²) in [5, 5.41) is 10.5. The lowest BCUT2D eigenvalue weighted by atomic mass is 9.64. The third kappa shape index (κ3) is 7.87. The third-order valence-corrected chi connectivity index (χ3v) is 5.89. The number of rotatable bonds is 13. The molecule has 6 heteroatoms. The first kappa shape index (κ1) is 27.0. The molecule has 1 aromatic rings. The number of alkyl halides is 3. The van der Waals surface area contributed by atoms with Crippen LogP contribution in [0.4, 0.5) is 13.2 Å². The van der Waals surface area contributed by atoms with Crippen LogP contribution in [0.3, 0.4) is 0 Å². The van der Waals surface area contributed by atoms with Crippen LogP contribution < -0.4 is 0 Å². The van der Waals surface area contributed by atoms with Gasteiger partial charge >= 0.3 is 12.1 Å². The predicted molar refractivity (Wildman–Crippen MR) is 116 cm³/mol. The topological polar surface area (TPSA) is 50.1 Å². The number of ether oxygens (including phenoxy) is 1. The lowest BCUT2D eigenvalue weighted by molar-refractivity contribution is -0.147. The lowest BCUT2D eigenvalue weighted by Gasteiger charge is -2.38. The lowest BCUT2D eigenvalue weighted by Crippen LogP contribution is -2.39. The maximum Gasteiger partial charge on any atom is 0.416 e. The summed E-state index contributed by atoms with van der Waals surface area (Å²) < 4.78 is 45.9. The summed E-state index contributed by atoms with van der Waals surface area (Å²) in [7, 11) is 0. The van der Waals surface area contributed by atoms with E-state index in [1.165, 1.54) is 13.0 Å². The van der Waals surface area contributed by atoms with Gasteiger partial charge in [-0.2, -0.15) is 18.4 Å². The Balaban J connectivity index is 3.57. The SMILES string of the molecule is CCCCCC(CCC)C(C#N)(CC(CCC)OC(C)=O)c1cccc(C(F)(F)F)c1. The van der Waals surface area contributed by atoms with Crippen molar-refractivity contribution in [2.24, 2.45) is 5.92 Å². The normalized spacial score (nSPS) is 15.5. The van der Waals surface area contributed by atoms with Crippen molar-refractivity contribution in [1.82, 2.24) is 0 Å². The molecule has 1 rings (SSSR count).